The lowest BCUT2D eigenvalue weighted by molar-refractivity contribution is -0.115. The molecule has 3 nitrogen and oxygen atoms in total. The van der Waals surface area contributed by atoms with Gasteiger partial charge in [-0.15, -0.1) is 0 Å². The first-order chi connectivity index (χ1) is 7.56. The number of nitrogens with one attached hydrogen (secondary N) is 1. The summed E-state index contributed by atoms with van der Waals surface area (Å²) in [5.41, 5.74) is 3.75. The fourth-order valence-corrected chi connectivity index (χ4v) is 2.41. The molecule has 1 aromatic rings. The van der Waals surface area contributed by atoms with Gasteiger partial charge in [-0.25, -0.2) is 0 Å². The Kier molecular flexibility index (Phi) is 1.89. The maximum atomic E-state index is 11.4. The third-order valence-corrected chi connectivity index (χ3v) is 3.41. The monoisotopic (exact) mass is 217 g/mol. The zero-order valence-corrected chi connectivity index (χ0v) is 9.34. The van der Waals surface area contributed by atoms with Gasteiger partial charge < -0.3 is 10.4 Å². The van der Waals surface area contributed by atoms with Crippen LogP contribution in [0.5, 0.6) is 0 Å². The Labute approximate surface area is 94.5 Å². The van der Waals surface area contributed by atoms with Crippen LogP contribution in [0, 0.1) is 6.92 Å². The van der Waals surface area contributed by atoms with Gasteiger partial charge >= 0.3 is 0 Å². The van der Waals surface area contributed by atoms with Crippen molar-refractivity contribution in [2.45, 2.75) is 38.2 Å². The summed E-state index contributed by atoms with van der Waals surface area (Å²) in [4.78, 5) is 11.4. The number of hydrogen-bond acceptors (Lipinski definition) is 2. The predicted octanol–water partition coefficient (Wildman–Crippen LogP) is 1.56. The van der Waals surface area contributed by atoms with Crippen molar-refractivity contribution in [3.8, 4) is 0 Å². The first-order valence-electron chi connectivity index (χ1n) is 5.70. The minimum atomic E-state index is -0.505. The Balaban J connectivity index is 2.01. The standard InChI is InChI=1S/C13H15NO2/c1-8-4-9-6-11(15)14-12(9)10(5-8)7-13(16)2-3-13/h4-5,16H,2-3,6-7H2,1H3,(H,14,15). The number of carbonyl (C=O) groups excluding carboxylic acids is 1. The van der Waals surface area contributed by atoms with Crippen LogP contribution in [0.3, 0.4) is 0 Å². The van der Waals surface area contributed by atoms with Crippen LogP contribution >= 0.6 is 0 Å². The summed E-state index contributed by atoms with van der Waals surface area (Å²) in [6.45, 7) is 2.03. The summed E-state index contributed by atoms with van der Waals surface area (Å²) < 4.78 is 0. The molecular formula is C13H15NO2. The molecule has 1 aromatic carbocycles. The minimum absolute atomic E-state index is 0.0598. The van der Waals surface area contributed by atoms with Crippen molar-refractivity contribution in [3.05, 3.63) is 28.8 Å². The van der Waals surface area contributed by atoms with E-state index < -0.39 is 5.60 Å². The SMILES string of the molecule is Cc1cc2c(c(CC3(O)CC3)c1)NC(=O)C2. The third-order valence-electron chi connectivity index (χ3n) is 3.41. The molecule has 2 N–H and O–H groups in total. The number of fused-ring (bicyclic) bond motifs is 1. The maximum absolute atomic E-state index is 11.4. The molecule has 0 saturated heterocycles. The van der Waals surface area contributed by atoms with Crippen molar-refractivity contribution in [2.75, 3.05) is 5.32 Å². The zero-order valence-electron chi connectivity index (χ0n) is 9.34. The van der Waals surface area contributed by atoms with Crippen molar-refractivity contribution in [3.63, 3.8) is 0 Å². The highest BCUT2D eigenvalue weighted by Gasteiger charge is 2.41. The van der Waals surface area contributed by atoms with Gasteiger partial charge in [0, 0.05) is 12.1 Å². The topological polar surface area (TPSA) is 49.3 Å². The molecule has 16 heavy (non-hydrogen) atoms. The molecule has 0 bridgehead atoms. The zero-order chi connectivity index (χ0) is 11.3. The lowest BCUT2D eigenvalue weighted by Crippen LogP contribution is -2.13. The van der Waals surface area contributed by atoms with E-state index in [0.29, 0.717) is 12.8 Å². The molecule has 3 heteroatoms. The molecule has 0 radical (unpaired) electrons. The first kappa shape index (κ1) is 9.85. The molecule has 0 spiro atoms. The summed E-state index contributed by atoms with van der Waals surface area (Å²) in [7, 11) is 0. The molecule has 0 unspecified atom stereocenters. The van der Waals surface area contributed by atoms with Crippen molar-refractivity contribution < 1.29 is 9.90 Å². The van der Waals surface area contributed by atoms with Crippen LogP contribution in [0.2, 0.25) is 0 Å². The molecular weight excluding hydrogens is 202 g/mol. The number of aryl methyl sites for hydroxylation is 1. The third kappa shape index (κ3) is 1.61. The molecule has 1 aliphatic heterocycles. The number of hydrogen-bond donors (Lipinski definition) is 2. The van der Waals surface area contributed by atoms with Crippen LogP contribution in [-0.2, 0) is 17.6 Å². The summed E-state index contributed by atoms with van der Waals surface area (Å²) in [6.07, 6.45) is 2.90. The van der Waals surface area contributed by atoms with Crippen molar-refractivity contribution in [1.82, 2.24) is 0 Å². The summed E-state index contributed by atoms with van der Waals surface area (Å²) in [5.74, 6) is 0.0598. The van der Waals surface area contributed by atoms with E-state index in [9.17, 15) is 9.90 Å². The first-order valence-corrected chi connectivity index (χ1v) is 5.70. The lowest BCUT2D eigenvalue weighted by atomic mass is 9.98. The molecule has 2 aliphatic rings. The lowest BCUT2D eigenvalue weighted by Gasteiger charge is -2.13. The minimum Gasteiger partial charge on any atom is -0.390 e. The second kappa shape index (κ2) is 3.08. The molecule has 1 amide bonds. The van der Waals surface area contributed by atoms with Crippen LogP contribution in [0.4, 0.5) is 5.69 Å². The van der Waals surface area contributed by atoms with E-state index in [0.717, 1.165) is 35.2 Å². The average molecular weight is 217 g/mol. The van der Waals surface area contributed by atoms with Gasteiger partial charge in [0.2, 0.25) is 5.91 Å². The van der Waals surface area contributed by atoms with Crippen molar-refractivity contribution in [2.24, 2.45) is 0 Å². The van der Waals surface area contributed by atoms with E-state index in [2.05, 4.69) is 11.4 Å². The molecule has 84 valence electrons. The number of anilines is 1. The van der Waals surface area contributed by atoms with Crippen LogP contribution in [0.25, 0.3) is 0 Å². The maximum Gasteiger partial charge on any atom is 0.228 e. The van der Waals surface area contributed by atoms with Gasteiger partial charge in [0.25, 0.3) is 0 Å². The highest BCUT2D eigenvalue weighted by atomic mass is 16.3. The highest BCUT2D eigenvalue weighted by molar-refractivity contribution is 6.00. The second-order valence-corrected chi connectivity index (χ2v) is 5.08. The van der Waals surface area contributed by atoms with Crippen LogP contribution in [0.15, 0.2) is 12.1 Å². The smallest absolute Gasteiger partial charge is 0.228 e. The molecule has 0 atom stereocenters. The van der Waals surface area contributed by atoms with Crippen LogP contribution < -0.4 is 5.32 Å². The van der Waals surface area contributed by atoms with Gasteiger partial charge in [-0.2, -0.15) is 0 Å². The fraction of sp³-hybridized carbons (Fsp3) is 0.462. The number of aliphatic hydroxyl groups is 1. The summed E-state index contributed by atoms with van der Waals surface area (Å²) in [6, 6.07) is 4.12. The Morgan fingerprint density at radius 2 is 2.19 bits per heavy atom. The van der Waals surface area contributed by atoms with E-state index in [-0.39, 0.29) is 5.91 Å². The van der Waals surface area contributed by atoms with Gasteiger partial charge in [-0.3, -0.25) is 4.79 Å². The van der Waals surface area contributed by atoms with Gasteiger partial charge in [0.1, 0.15) is 0 Å². The van der Waals surface area contributed by atoms with Gasteiger partial charge in [0.05, 0.1) is 12.0 Å². The Morgan fingerprint density at radius 1 is 1.44 bits per heavy atom. The number of carbonyl (C=O) groups is 1. The number of benzene rings is 1. The number of amides is 1. The normalized spacial score (nSPS) is 20.5. The van der Waals surface area contributed by atoms with Gasteiger partial charge in [-0.05, 0) is 30.9 Å². The fourth-order valence-electron chi connectivity index (χ4n) is 2.41. The molecule has 1 aliphatic carbocycles. The Bertz CT molecular complexity index is 475. The van der Waals surface area contributed by atoms with E-state index in [1.807, 2.05) is 13.0 Å². The molecule has 1 saturated carbocycles. The molecule has 0 aromatic heterocycles. The Hall–Kier alpha value is -1.35. The second-order valence-electron chi connectivity index (χ2n) is 5.08. The van der Waals surface area contributed by atoms with Gasteiger partial charge in [-0.1, -0.05) is 17.7 Å². The van der Waals surface area contributed by atoms with Crippen LogP contribution in [0.1, 0.15) is 29.5 Å². The largest absolute Gasteiger partial charge is 0.390 e. The molecule has 1 fully saturated rings. The average Bonchev–Trinajstić information content (AvgIpc) is 2.76. The molecule has 3 rings (SSSR count). The van der Waals surface area contributed by atoms with E-state index >= 15 is 0 Å². The summed E-state index contributed by atoms with van der Waals surface area (Å²) in [5, 5.41) is 12.9. The van der Waals surface area contributed by atoms with Crippen molar-refractivity contribution in [1.29, 1.82) is 0 Å². The van der Waals surface area contributed by atoms with E-state index in [4.69, 9.17) is 0 Å². The number of rotatable bonds is 2. The molecule has 1 heterocycles. The van der Waals surface area contributed by atoms with Crippen LogP contribution in [-0.4, -0.2) is 16.6 Å². The Morgan fingerprint density at radius 3 is 2.88 bits per heavy atom. The predicted molar refractivity (Wildman–Crippen MR) is 61.4 cm³/mol. The quantitative estimate of drug-likeness (QED) is 0.789. The van der Waals surface area contributed by atoms with E-state index in [1.165, 1.54) is 0 Å². The highest BCUT2D eigenvalue weighted by Crippen LogP contribution is 2.41. The van der Waals surface area contributed by atoms with Gasteiger partial charge in [0.15, 0.2) is 0 Å². The summed E-state index contributed by atoms with van der Waals surface area (Å²) >= 11 is 0. The van der Waals surface area contributed by atoms with Crippen molar-refractivity contribution >= 4 is 11.6 Å². The van der Waals surface area contributed by atoms with E-state index in [1.54, 1.807) is 0 Å².